The summed E-state index contributed by atoms with van der Waals surface area (Å²) < 4.78 is 0. The van der Waals surface area contributed by atoms with Crippen LogP contribution in [0.5, 0.6) is 0 Å². The van der Waals surface area contributed by atoms with Crippen molar-refractivity contribution in [3.63, 3.8) is 0 Å². The van der Waals surface area contributed by atoms with Crippen molar-refractivity contribution in [3.05, 3.63) is 48.0 Å². The summed E-state index contributed by atoms with van der Waals surface area (Å²) in [5.41, 5.74) is 2.46. The van der Waals surface area contributed by atoms with Crippen molar-refractivity contribution >= 4 is 11.6 Å². The molecular weight excluding hydrogens is 242 g/mol. The fraction of sp³-hybridized carbons (Fsp3) is 0.500. The van der Waals surface area contributed by atoms with Crippen LogP contribution in [0.25, 0.3) is 0 Å². The van der Waals surface area contributed by atoms with E-state index in [2.05, 4.69) is 18.8 Å². The van der Waals surface area contributed by atoms with Crippen LogP contribution in [0, 0.1) is 0 Å². The average molecular weight is 268 g/mol. The van der Waals surface area contributed by atoms with Crippen LogP contribution in [0.1, 0.15) is 39.2 Å². The van der Waals surface area contributed by atoms with E-state index >= 15 is 0 Å². The number of alkyl halides is 1. The molecule has 0 aromatic heterocycles. The van der Waals surface area contributed by atoms with E-state index in [0.717, 1.165) is 0 Å². The number of hydrogen-bond donors (Lipinski definition) is 1. The zero-order chi connectivity index (χ0) is 13.8. The fourth-order valence-electron chi connectivity index (χ4n) is 1.67. The first-order valence-corrected chi connectivity index (χ1v) is 7.26. The van der Waals surface area contributed by atoms with E-state index in [4.69, 9.17) is 11.6 Å². The van der Waals surface area contributed by atoms with E-state index in [1.807, 2.05) is 44.2 Å². The molecular formula is C16H26ClN. The third-order valence-corrected chi connectivity index (χ3v) is 2.96. The van der Waals surface area contributed by atoms with Gasteiger partial charge in [0.1, 0.15) is 0 Å². The van der Waals surface area contributed by atoms with Gasteiger partial charge in [-0.1, -0.05) is 56.3 Å². The van der Waals surface area contributed by atoms with Crippen LogP contribution in [0.15, 0.2) is 42.5 Å². The van der Waals surface area contributed by atoms with Crippen molar-refractivity contribution in [1.29, 1.82) is 0 Å². The second-order valence-corrected chi connectivity index (χ2v) is 4.38. The molecule has 1 aromatic rings. The highest BCUT2D eigenvalue weighted by atomic mass is 35.5. The van der Waals surface area contributed by atoms with E-state index in [1.165, 1.54) is 30.5 Å². The molecule has 0 bridgehead atoms. The fourth-order valence-corrected chi connectivity index (χ4v) is 1.85. The minimum Gasteiger partial charge on any atom is -0.310 e. The predicted octanol–water partition coefficient (Wildman–Crippen LogP) is 4.77. The lowest BCUT2D eigenvalue weighted by Crippen LogP contribution is -2.21. The number of benzene rings is 1. The molecule has 0 spiro atoms. The van der Waals surface area contributed by atoms with E-state index in [9.17, 15) is 0 Å². The van der Waals surface area contributed by atoms with Crippen LogP contribution in [0.3, 0.4) is 0 Å². The van der Waals surface area contributed by atoms with Gasteiger partial charge in [0.2, 0.25) is 0 Å². The van der Waals surface area contributed by atoms with Crippen molar-refractivity contribution < 1.29 is 0 Å². The summed E-state index contributed by atoms with van der Waals surface area (Å²) >= 11 is 5.53. The Balaban J connectivity index is 0.000000283. The number of hydrogen-bond acceptors (Lipinski definition) is 1. The second kappa shape index (κ2) is 11.3. The Bertz CT molecular complexity index is 302. The molecule has 0 saturated carbocycles. The summed E-state index contributed by atoms with van der Waals surface area (Å²) in [4.78, 5) is 0. The zero-order valence-electron chi connectivity index (χ0n) is 11.9. The summed E-state index contributed by atoms with van der Waals surface area (Å²) in [7, 11) is 0. The van der Waals surface area contributed by atoms with Crippen LogP contribution >= 0.6 is 11.6 Å². The molecule has 0 aliphatic carbocycles. The number of rotatable bonds is 2. The highest BCUT2D eigenvalue weighted by Gasteiger charge is 2.12. The van der Waals surface area contributed by atoms with Gasteiger partial charge in [-0.25, -0.2) is 0 Å². The molecule has 1 aliphatic rings. The minimum absolute atomic E-state index is 0.612. The summed E-state index contributed by atoms with van der Waals surface area (Å²) in [5.74, 6) is 0.612. The lowest BCUT2D eigenvalue weighted by Gasteiger charge is -2.06. The molecule has 1 aliphatic heterocycles. The van der Waals surface area contributed by atoms with Gasteiger partial charge in [-0.15, -0.1) is 11.6 Å². The van der Waals surface area contributed by atoms with Crippen LogP contribution in [0.2, 0.25) is 0 Å². The number of nitrogens with one attached hydrogen (secondary N) is 1. The van der Waals surface area contributed by atoms with Crippen molar-refractivity contribution in [1.82, 2.24) is 5.32 Å². The van der Waals surface area contributed by atoms with Crippen LogP contribution < -0.4 is 5.32 Å². The normalized spacial score (nSPS) is 17.0. The maximum Gasteiger partial charge on any atom is 0.0474 e. The number of halogens is 1. The quantitative estimate of drug-likeness (QED) is 0.601. The van der Waals surface area contributed by atoms with E-state index in [-0.39, 0.29) is 0 Å². The largest absolute Gasteiger partial charge is 0.310 e. The molecule has 18 heavy (non-hydrogen) atoms. The predicted molar refractivity (Wildman–Crippen MR) is 83.2 cm³/mol. The molecule has 1 nitrogen and oxygen atoms in total. The van der Waals surface area contributed by atoms with E-state index in [1.54, 1.807) is 0 Å². The molecule has 0 amide bonds. The van der Waals surface area contributed by atoms with Crippen molar-refractivity contribution in [2.24, 2.45) is 0 Å². The van der Waals surface area contributed by atoms with Crippen molar-refractivity contribution in [2.75, 3.05) is 6.54 Å². The lowest BCUT2D eigenvalue weighted by atomic mass is 10.1. The van der Waals surface area contributed by atoms with Crippen molar-refractivity contribution in [2.45, 2.75) is 45.5 Å². The third-order valence-electron chi connectivity index (χ3n) is 2.65. The first-order chi connectivity index (χ1) is 8.74. The highest BCUT2D eigenvalue weighted by molar-refractivity contribution is 6.17. The van der Waals surface area contributed by atoms with Gasteiger partial charge >= 0.3 is 0 Å². The minimum atomic E-state index is 0.612. The maximum atomic E-state index is 5.53. The van der Waals surface area contributed by atoms with E-state index < -0.39 is 0 Å². The molecule has 1 saturated heterocycles. The van der Waals surface area contributed by atoms with Crippen LogP contribution in [0.4, 0.5) is 0 Å². The monoisotopic (exact) mass is 267 g/mol. The zero-order valence-corrected chi connectivity index (χ0v) is 12.6. The standard InChI is InChI=1S/C7H7Cl.C7H13N.C2H6/c8-6-7-4-2-1-3-5-7;1-6(2)7-4-3-5-8-7;1-2/h1-5H,6H2;7-8H,1,3-5H2,2H3;1-2H3/t;7-;/m.0./s1. The summed E-state index contributed by atoms with van der Waals surface area (Å²) in [6, 6.07) is 10.6. The van der Waals surface area contributed by atoms with Gasteiger partial charge in [0, 0.05) is 11.9 Å². The van der Waals surface area contributed by atoms with Gasteiger partial charge in [-0.3, -0.25) is 0 Å². The molecule has 1 aromatic carbocycles. The van der Waals surface area contributed by atoms with Gasteiger partial charge in [-0.2, -0.15) is 0 Å². The van der Waals surface area contributed by atoms with Crippen molar-refractivity contribution in [3.8, 4) is 0 Å². The average Bonchev–Trinajstić information content (AvgIpc) is 2.97. The summed E-state index contributed by atoms with van der Waals surface area (Å²) in [6.45, 7) is 11.1. The van der Waals surface area contributed by atoms with Crippen LogP contribution in [-0.4, -0.2) is 12.6 Å². The molecule has 1 atom stereocenters. The summed E-state index contributed by atoms with van der Waals surface area (Å²) in [6.07, 6.45) is 2.60. The molecule has 102 valence electrons. The molecule has 1 fully saturated rings. The van der Waals surface area contributed by atoms with Gasteiger partial charge < -0.3 is 5.32 Å². The van der Waals surface area contributed by atoms with Gasteiger partial charge in [0.25, 0.3) is 0 Å². The molecule has 0 unspecified atom stereocenters. The molecule has 1 N–H and O–H groups in total. The smallest absolute Gasteiger partial charge is 0.0474 e. The molecule has 2 heteroatoms. The second-order valence-electron chi connectivity index (χ2n) is 4.11. The molecule has 2 rings (SSSR count). The topological polar surface area (TPSA) is 12.0 Å². The Morgan fingerprint density at radius 1 is 1.33 bits per heavy atom. The lowest BCUT2D eigenvalue weighted by molar-refractivity contribution is 0.692. The molecule has 0 radical (unpaired) electrons. The Kier molecular flexibility index (Phi) is 10.8. The maximum absolute atomic E-state index is 5.53. The Hall–Kier alpha value is -0.790. The molecule has 1 heterocycles. The Labute approximate surface area is 117 Å². The summed E-state index contributed by atoms with van der Waals surface area (Å²) in [5, 5.41) is 3.36. The first-order valence-electron chi connectivity index (χ1n) is 6.72. The third kappa shape index (κ3) is 7.52. The SMILES string of the molecule is C=C(C)[C@@H]1CCCN1.CC.ClCc1ccccc1. The van der Waals surface area contributed by atoms with Gasteiger partial charge in [-0.05, 0) is 31.9 Å². The van der Waals surface area contributed by atoms with Gasteiger partial charge in [0.15, 0.2) is 0 Å². The van der Waals surface area contributed by atoms with E-state index in [0.29, 0.717) is 11.9 Å². The van der Waals surface area contributed by atoms with Gasteiger partial charge in [0.05, 0.1) is 0 Å². The Morgan fingerprint density at radius 3 is 2.22 bits per heavy atom. The highest BCUT2D eigenvalue weighted by Crippen LogP contribution is 2.10. The van der Waals surface area contributed by atoms with Crippen LogP contribution in [-0.2, 0) is 5.88 Å². The first kappa shape index (κ1) is 17.2. The Morgan fingerprint density at radius 2 is 1.94 bits per heavy atom.